The summed E-state index contributed by atoms with van der Waals surface area (Å²) in [6.45, 7) is 10.0. The number of nitrogens with zero attached hydrogens (tertiary/aromatic N) is 4. The van der Waals surface area contributed by atoms with Gasteiger partial charge in [0.15, 0.2) is 0 Å². The Labute approximate surface area is 142 Å². The van der Waals surface area contributed by atoms with Crippen LogP contribution in [0.1, 0.15) is 40.9 Å². The van der Waals surface area contributed by atoms with Crippen molar-refractivity contribution in [3.63, 3.8) is 0 Å². The Balaban J connectivity index is 1.39. The Bertz CT molecular complexity index is 708. The molecule has 1 fully saturated rings. The van der Waals surface area contributed by atoms with Crippen molar-refractivity contribution in [1.29, 1.82) is 0 Å². The SMILES string of the molecule is Cc1cc(C)n(C2CN(C(=O)NCCCc3c(C)noc3C)C2)n1. The highest BCUT2D eigenvalue weighted by molar-refractivity contribution is 5.75. The second-order valence-corrected chi connectivity index (χ2v) is 6.57. The topological polar surface area (TPSA) is 76.2 Å². The van der Waals surface area contributed by atoms with Crippen LogP contribution in [0.15, 0.2) is 10.6 Å². The van der Waals surface area contributed by atoms with Gasteiger partial charge in [0.05, 0.1) is 17.4 Å². The molecule has 0 aliphatic carbocycles. The first kappa shape index (κ1) is 16.5. The maximum Gasteiger partial charge on any atom is 0.317 e. The first-order valence-electron chi connectivity index (χ1n) is 8.43. The van der Waals surface area contributed by atoms with Crippen LogP contribution >= 0.6 is 0 Å². The van der Waals surface area contributed by atoms with Crippen LogP contribution in [-0.2, 0) is 6.42 Å². The molecule has 7 nitrogen and oxygen atoms in total. The predicted octanol–water partition coefficient (Wildman–Crippen LogP) is 2.30. The molecule has 2 amide bonds. The van der Waals surface area contributed by atoms with Gasteiger partial charge in [-0.15, -0.1) is 0 Å². The molecule has 0 atom stereocenters. The molecule has 3 rings (SSSR count). The molecule has 0 saturated carbocycles. The van der Waals surface area contributed by atoms with Gasteiger partial charge in [0, 0.05) is 30.9 Å². The summed E-state index contributed by atoms with van der Waals surface area (Å²) >= 11 is 0. The maximum atomic E-state index is 12.1. The summed E-state index contributed by atoms with van der Waals surface area (Å²) in [4.78, 5) is 14.0. The molecule has 130 valence electrons. The molecule has 3 heterocycles. The van der Waals surface area contributed by atoms with E-state index in [1.165, 1.54) is 0 Å². The van der Waals surface area contributed by atoms with Crippen LogP contribution in [0.25, 0.3) is 0 Å². The number of carbonyl (C=O) groups excluding carboxylic acids is 1. The van der Waals surface area contributed by atoms with Crippen LogP contribution in [-0.4, -0.2) is 45.5 Å². The van der Waals surface area contributed by atoms with E-state index in [4.69, 9.17) is 4.52 Å². The zero-order valence-electron chi connectivity index (χ0n) is 14.8. The van der Waals surface area contributed by atoms with E-state index in [0.717, 1.165) is 54.3 Å². The molecule has 0 radical (unpaired) electrons. The molecule has 2 aromatic heterocycles. The molecule has 1 N–H and O–H groups in total. The number of hydrogen-bond donors (Lipinski definition) is 1. The first-order valence-corrected chi connectivity index (χ1v) is 8.43. The summed E-state index contributed by atoms with van der Waals surface area (Å²) in [7, 11) is 0. The normalized spacial score (nSPS) is 14.8. The van der Waals surface area contributed by atoms with Crippen molar-refractivity contribution >= 4 is 6.03 Å². The fraction of sp³-hybridized carbons (Fsp3) is 0.588. The minimum absolute atomic E-state index is 0.00606. The second kappa shape index (κ2) is 6.67. The van der Waals surface area contributed by atoms with Crippen LogP contribution in [0.4, 0.5) is 4.79 Å². The highest BCUT2D eigenvalue weighted by Crippen LogP contribution is 2.22. The molecule has 24 heavy (non-hydrogen) atoms. The Morgan fingerprint density at radius 2 is 2.08 bits per heavy atom. The average molecular weight is 331 g/mol. The van der Waals surface area contributed by atoms with Gasteiger partial charge in [-0.1, -0.05) is 5.16 Å². The number of nitrogens with one attached hydrogen (secondary N) is 1. The van der Waals surface area contributed by atoms with Gasteiger partial charge in [-0.2, -0.15) is 5.10 Å². The van der Waals surface area contributed by atoms with Crippen molar-refractivity contribution in [3.05, 3.63) is 34.5 Å². The third-order valence-corrected chi connectivity index (χ3v) is 4.60. The molecule has 7 heteroatoms. The van der Waals surface area contributed by atoms with Gasteiger partial charge in [-0.3, -0.25) is 4.68 Å². The number of aromatic nitrogens is 3. The largest absolute Gasteiger partial charge is 0.361 e. The van der Waals surface area contributed by atoms with E-state index in [1.807, 2.05) is 30.4 Å². The van der Waals surface area contributed by atoms with E-state index in [-0.39, 0.29) is 6.03 Å². The van der Waals surface area contributed by atoms with Crippen LogP contribution in [0.3, 0.4) is 0 Å². The molecule has 0 bridgehead atoms. The van der Waals surface area contributed by atoms with Crippen LogP contribution in [0.5, 0.6) is 0 Å². The summed E-state index contributed by atoms with van der Waals surface area (Å²) in [5.41, 5.74) is 4.26. The van der Waals surface area contributed by atoms with Crippen molar-refractivity contribution in [2.75, 3.05) is 19.6 Å². The Kier molecular flexibility index (Phi) is 4.59. The van der Waals surface area contributed by atoms with Gasteiger partial charge >= 0.3 is 6.03 Å². The molecule has 1 aliphatic rings. The lowest BCUT2D eigenvalue weighted by Gasteiger charge is -2.39. The highest BCUT2D eigenvalue weighted by atomic mass is 16.5. The van der Waals surface area contributed by atoms with Gasteiger partial charge < -0.3 is 14.7 Å². The van der Waals surface area contributed by atoms with Crippen molar-refractivity contribution in [1.82, 2.24) is 25.2 Å². The highest BCUT2D eigenvalue weighted by Gasteiger charge is 2.33. The van der Waals surface area contributed by atoms with Gasteiger partial charge in [0.25, 0.3) is 0 Å². The first-order chi connectivity index (χ1) is 11.5. The molecule has 0 spiro atoms. The van der Waals surface area contributed by atoms with Crippen LogP contribution in [0.2, 0.25) is 0 Å². The maximum absolute atomic E-state index is 12.1. The summed E-state index contributed by atoms with van der Waals surface area (Å²) in [5.74, 6) is 0.870. The minimum Gasteiger partial charge on any atom is -0.361 e. The van der Waals surface area contributed by atoms with E-state index >= 15 is 0 Å². The third kappa shape index (κ3) is 3.29. The summed E-state index contributed by atoms with van der Waals surface area (Å²) < 4.78 is 7.17. The van der Waals surface area contributed by atoms with E-state index in [1.54, 1.807) is 0 Å². The Morgan fingerprint density at radius 1 is 1.33 bits per heavy atom. The number of rotatable bonds is 5. The van der Waals surface area contributed by atoms with E-state index in [2.05, 4.69) is 28.6 Å². The third-order valence-electron chi connectivity index (χ3n) is 4.60. The molecular formula is C17H25N5O2. The van der Waals surface area contributed by atoms with Crippen molar-refractivity contribution in [2.24, 2.45) is 0 Å². The summed E-state index contributed by atoms with van der Waals surface area (Å²) in [6, 6.07) is 2.37. The van der Waals surface area contributed by atoms with Gasteiger partial charge in [-0.25, -0.2) is 4.79 Å². The fourth-order valence-electron chi connectivity index (χ4n) is 3.22. The fourth-order valence-corrected chi connectivity index (χ4v) is 3.22. The van der Waals surface area contributed by atoms with Crippen molar-refractivity contribution in [2.45, 2.75) is 46.6 Å². The average Bonchev–Trinajstić information content (AvgIpc) is 2.97. The monoisotopic (exact) mass is 331 g/mol. The number of carbonyl (C=O) groups is 1. The number of aryl methyl sites for hydroxylation is 4. The van der Waals surface area contributed by atoms with Crippen molar-refractivity contribution in [3.8, 4) is 0 Å². The molecular weight excluding hydrogens is 306 g/mol. The number of hydrogen-bond acceptors (Lipinski definition) is 4. The van der Waals surface area contributed by atoms with Gasteiger partial charge in [0.2, 0.25) is 0 Å². The number of likely N-dealkylation sites (tertiary alicyclic amines) is 1. The Morgan fingerprint density at radius 3 is 2.67 bits per heavy atom. The molecule has 1 saturated heterocycles. The lowest BCUT2D eigenvalue weighted by atomic mass is 10.1. The van der Waals surface area contributed by atoms with E-state index in [0.29, 0.717) is 12.6 Å². The minimum atomic E-state index is 0.00606. The van der Waals surface area contributed by atoms with Gasteiger partial charge in [0.1, 0.15) is 5.76 Å². The molecule has 1 aliphatic heterocycles. The van der Waals surface area contributed by atoms with Crippen LogP contribution < -0.4 is 5.32 Å². The smallest absolute Gasteiger partial charge is 0.317 e. The second-order valence-electron chi connectivity index (χ2n) is 6.57. The standard InChI is InChI=1S/C17H25N5O2/c1-11-8-12(2)22(19-11)15-9-21(10-15)17(23)18-7-5-6-16-13(3)20-24-14(16)4/h8,15H,5-7,9-10H2,1-4H3,(H,18,23). The van der Waals surface area contributed by atoms with Crippen molar-refractivity contribution < 1.29 is 9.32 Å². The summed E-state index contributed by atoms with van der Waals surface area (Å²) in [6.07, 6.45) is 1.75. The quantitative estimate of drug-likeness (QED) is 0.853. The Hall–Kier alpha value is -2.31. The zero-order valence-corrected chi connectivity index (χ0v) is 14.8. The summed E-state index contributed by atoms with van der Waals surface area (Å²) in [5, 5.41) is 11.4. The lowest BCUT2D eigenvalue weighted by Crippen LogP contribution is -2.54. The number of urea groups is 1. The molecule has 2 aromatic rings. The van der Waals surface area contributed by atoms with E-state index < -0.39 is 0 Å². The zero-order chi connectivity index (χ0) is 17.3. The predicted molar refractivity (Wildman–Crippen MR) is 90.0 cm³/mol. The van der Waals surface area contributed by atoms with Crippen LogP contribution in [0, 0.1) is 27.7 Å². The van der Waals surface area contributed by atoms with Gasteiger partial charge in [-0.05, 0) is 46.6 Å². The molecule has 0 unspecified atom stereocenters. The number of amides is 2. The van der Waals surface area contributed by atoms with E-state index in [9.17, 15) is 4.79 Å². The lowest BCUT2D eigenvalue weighted by molar-refractivity contribution is 0.117. The molecule has 0 aromatic carbocycles.